The predicted molar refractivity (Wildman–Crippen MR) is 87.6 cm³/mol. The highest BCUT2D eigenvalue weighted by atomic mass is 35.5. The molecule has 0 atom stereocenters. The van der Waals surface area contributed by atoms with Crippen LogP contribution in [-0.4, -0.2) is 47.5 Å². The van der Waals surface area contributed by atoms with Gasteiger partial charge in [0.05, 0.1) is 0 Å². The van der Waals surface area contributed by atoms with E-state index in [1.54, 1.807) is 6.07 Å². The minimum atomic E-state index is 0.448. The molecule has 0 amide bonds. The van der Waals surface area contributed by atoms with Gasteiger partial charge in [0.15, 0.2) is 0 Å². The largest absolute Gasteiger partial charge is 0.304 e. The molecule has 20 heavy (non-hydrogen) atoms. The topological polar surface area (TPSA) is 19.4 Å². The second-order valence-electron chi connectivity index (χ2n) is 4.83. The molecule has 1 heterocycles. The van der Waals surface area contributed by atoms with E-state index in [4.69, 9.17) is 23.2 Å². The van der Waals surface area contributed by atoms with Crippen molar-refractivity contribution in [1.82, 2.24) is 14.8 Å². The van der Waals surface area contributed by atoms with Gasteiger partial charge in [0.2, 0.25) is 0 Å². The third kappa shape index (κ3) is 5.96. The summed E-state index contributed by atoms with van der Waals surface area (Å²) < 4.78 is 0. The molecule has 0 fully saturated rings. The van der Waals surface area contributed by atoms with Crippen LogP contribution in [0.2, 0.25) is 10.3 Å². The second kappa shape index (κ2) is 9.56. The van der Waals surface area contributed by atoms with Gasteiger partial charge in [0.1, 0.15) is 10.3 Å². The molecule has 1 aromatic rings. The molecule has 0 saturated heterocycles. The van der Waals surface area contributed by atoms with E-state index in [1.165, 1.54) is 6.42 Å². The zero-order valence-electron chi connectivity index (χ0n) is 12.7. The Balaban J connectivity index is 2.46. The fraction of sp³-hybridized carbons (Fsp3) is 0.667. The Labute approximate surface area is 132 Å². The lowest BCUT2D eigenvalue weighted by molar-refractivity contribution is 0.238. The normalized spacial score (nSPS) is 11.6. The highest BCUT2D eigenvalue weighted by Crippen LogP contribution is 2.18. The van der Waals surface area contributed by atoms with Gasteiger partial charge < -0.3 is 4.90 Å². The van der Waals surface area contributed by atoms with Crippen molar-refractivity contribution < 1.29 is 0 Å². The van der Waals surface area contributed by atoms with E-state index in [-0.39, 0.29) is 0 Å². The average molecular weight is 318 g/mol. The lowest BCUT2D eigenvalue weighted by Crippen LogP contribution is -2.29. The lowest BCUT2D eigenvalue weighted by atomic mass is 10.2. The van der Waals surface area contributed by atoms with E-state index < -0.39 is 0 Å². The standard InChI is InChI=1S/C15H25Cl2N3/c1-4-19(5-2)10-7-11-20(6-3)12-13-8-9-14(16)18-15(13)17/h8-9H,4-7,10-12H2,1-3H3. The Morgan fingerprint density at radius 1 is 0.950 bits per heavy atom. The summed E-state index contributed by atoms with van der Waals surface area (Å²) in [6, 6.07) is 3.76. The van der Waals surface area contributed by atoms with Gasteiger partial charge in [0, 0.05) is 12.1 Å². The smallest absolute Gasteiger partial charge is 0.135 e. The van der Waals surface area contributed by atoms with E-state index in [0.29, 0.717) is 10.3 Å². The van der Waals surface area contributed by atoms with Gasteiger partial charge in [-0.05, 0) is 45.2 Å². The number of aromatic nitrogens is 1. The van der Waals surface area contributed by atoms with Crippen LogP contribution in [0.25, 0.3) is 0 Å². The third-order valence-electron chi connectivity index (χ3n) is 3.58. The van der Waals surface area contributed by atoms with E-state index >= 15 is 0 Å². The Kier molecular flexibility index (Phi) is 8.46. The van der Waals surface area contributed by atoms with Crippen molar-refractivity contribution in [1.29, 1.82) is 0 Å². The molecule has 0 aliphatic carbocycles. The number of hydrogen-bond donors (Lipinski definition) is 0. The Hall–Kier alpha value is -0.350. The monoisotopic (exact) mass is 317 g/mol. The van der Waals surface area contributed by atoms with Crippen LogP contribution in [0.3, 0.4) is 0 Å². The first-order valence-corrected chi connectivity index (χ1v) is 8.11. The van der Waals surface area contributed by atoms with Crippen LogP contribution in [-0.2, 0) is 6.54 Å². The number of rotatable bonds is 9. The lowest BCUT2D eigenvalue weighted by Gasteiger charge is -2.23. The molecule has 1 rings (SSSR count). The van der Waals surface area contributed by atoms with Crippen LogP contribution in [0.1, 0.15) is 32.8 Å². The molecule has 0 aliphatic rings. The summed E-state index contributed by atoms with van der Waals surface area (Å²) in [4.78, 5) is 8.93. The summed E-state index contributed by atoms with van der Waals surface area (Å²) in [6.07, 6.45) is 1.17. The van der Waals surface area contributed by atoms with Crippen molar-refractivity contribution in [3.63, 3.8) is 0 Å². The molecule has 0 unspecified atom stereocenters. The highest BCUT2D eigenvalue weighted by Gasteiger charge is 2.09. The van der Waals surface area contributed by atoms with Gasteiger partial charge in [-0.3, -0.25) is 4.90 Å². The Morgan fingerprint density at radius 3 is 2.10 bits per heavy atom. The fourth-order valence-corrected chi connectivity index (χ4v) is 2.61. The molecule has 0 N–H and O–H groups in total. The van der Waals surface area contributed by atoms with Crippen molar-refractivity contribution >= 4 is 23.2 Å². The molecular formula is C15H25Cl2N3. The van der Waals surface area contributed by atoms with Crippen LogP contribution in [0.5, 0.6) is 0 Å². The molecule has 0 radical (unpaired) electrons. The van der Waals surface area contributed by atoms with Crippen LogP contribution in [0.4, 0.5) is 0 Å². The first-order chi connectivity index (χ1) is 9.60. The highest BCUT2D eigenvalue weighted by molar-refractivity contribution is 6.32. The zero-order chi connectivity index (χ0) is 15.0. The summed E-state index contributed by atoms with van der Waals surface area (Å²) in [5, 5.41) is 0.961. The molecule has 0 aromatic carbocycles. The maximum absolute atomic E-state index is 6.13. The van der Waals surface area contributed by atoms with Gasteiger partial charge in [-0.2, -0.15) is 0 Å². The molecule has 0 aliphatic heterocycles. The van der Waals surface area contributed by atoms with E-state index in [0.717, 1.165) is 44.8 Å². The second-order valence-corrected chi connectivity index (χ2v) is 5.58. The van der Waals surface area contributed by atoms with Crippen LogP contribution in [0.15, 0.2) is 12.1 Å². The maximum Gasteiger partial charge on any atom is 0.135 e. The number of nitrogens with zero attached hydrogens (tertiary/aromatic N) is 3. The summed E-state index contributed by atoms with van der Waals surface area (Å²) in [6.45, 7) is 12.9. The maximum atomic E-state index is 6.13. The molecule has 5 heteroatoms. The predicted octanol–water partition coefficient (Wildman–Crippen LogP) is 3.94. The van der Waals surface area contributed by atoms with Crippen molar-refractivity contribution in [2.75, 3.05) is 32.7 Å². The minimum Gasteiger partial charge on any atom is -0.304 e. The van der Waals surface area contributed by atoms with Crippen molar-refractivity contribution in [3.8, 4) is 0 Å². The summed E-state index contributed by atoms with van der Waals surface area (Å²) in [5.74, 6) is 0. The van der Waals surface area contributed by atoms with Gasteiger partial charge in [-0.25, -0.2) is 4.98 Å². The zero-order valence-corrected chi connectivity index (χ0v) is 14.2. The Morgan fingerprint density at radius 2 is 1.55 bits per heavy atom. The number of hydrogen-bond acceptors (Lipinski definition) is 3. The molecule has 114 valence electrons. The van der Waals surface area contributed by atoms with Crippen molar-refractivity contribution in [2.24, 2.45) is 0 Å². The van der Waals surface area contributed by atoms with Gasteiger partial charge in [0.25, 0.3) is 0 Å². The van der Waals surface area contributed by atoms with E-state index in [9.17, 15) is 0 Å². The van der Waals surface area contributed by atoms with Gasteiger partial charge in [-0.1, -0.05) is 50.0 Å². The third-order valence-corrected chi connectivity index (χ3v) is 4.11. The van der Waals surface area contributed by atoms with Crippen LogP contribution in [0, 0.1) is 0 Å². The quantitative estimate of drug-likeness (QED) is 0.643. The average Bonchev–Trinajstić information content (AvgIpc) is 2.44. The molecule has 0 bridgehead atoms. The molecule has 0 spiro atoms. The first kappa shape index (κ1) is 17.7. The van der Waals surface area contributed by atoms with Crippen molar-refractivity contribution in [3.05, 3.63) is 28.0 Å². The molecule has 1 aromatic heterocycles. The summed E-state index contributed by atoms with van der Waals surface area (Å²) in [5.41, 5.74) is 1.04. The first-order valence-electron chi connectivity index (χ1n) is 7.36. The van der Waals surface area contributed by atoms with Crippen molar-refractivity contribution in [2.45, 2.75) is 33.7 Å². The summed E-state index contributed by atoms with van der Waals surface area (Å²) in [7, 11) is 0. The Bertz CT molecular complexity index is 395. The molecular weight excluding hydrogens is 293 g/mol. The summed E-state index contributed by atoms with van der Waals surface area (Å²) >= 11 is 12.0. The van der Waals surface area contributed by atoms with E-state index in [1.807, 2.05) is 6.07 Å². The molecule has 0 saturated carbocycles. The van der Waals surface area contributed by atoms with Gasteiger partial charge in [-0.15, -0.1) is 0 Å². The van der Waals surface area contributed by atoms with Gasteiger partial charge >= 0.3 is 0 Å². The fourth-order valence-electron chi connectivity index (χ4n) is 2.21. The van der Waals surface area contributed by atoms with Crippen LogP contribution < -0.4 is 0 Å². The number of halogens is 2. The minimum absolute atomic E-state index is 0.448. The van der Waals surface area contributed by atoms with Crippen LogP contribution >= 0.6 is 23.2 Å². The SMILES string of the molecule is CCN(CC)CCCN(CC)Cc1ccc(Cl)nc1Cl. The van der Waals surface area contributed by atoms with E-state index in [2.05, 4.69) is 35.6 Å². The number of pyridine rings is 1. The molecule has 3 nitrogen and oxygen atoms in total.